The van der Waals surface area contributed by atoms with Crippen LogP contribution in [-0.4, -0.2) is 23.1 Å². The Morgan fingerprint density at radius 2 is 1.94 bits per heavy atom. The van der Waals surface area contributed by atoms with E-state index in [2.05, 4.69) is 0 Å². The molecule has 0 aromatic rings. The quantitative estimate of drug-likeness (QED) is 0.651. The van der Waals surface area contributed by atoms with Gasteiger partial charge in [-0.2, -0.15) is 0 Å². The highest BCUT2D eigenvalue weighted by atomic mass is 16.6. The van der Waals surface area contributed by atoms with Crippen LogP contribution >= 0.6 is 0 Å². The highest BCUT2D eigenvalue weighted by Crippen LogP contribution is 2.13. The zero-order valence-electron chi connectivity index (χ0n) is 10.4. The molecule has 0 heterocycles. The van der Waals surface area contributed by atoms with Gasteiger partial charge in [0.2, 0.25) is 0 Å². The maximum atomic E-state index is 11.3. The third-order valence-electron chi connectivity index (χ3n) is 2.60. The van der Waals surface area contributed by atoms with Crippen molar-refractivity contribution in [1.29, 1.82) is 0 Å². The highest BCUT2D eigenvalue weighted by molar-refractivity contribution is 5.77. The fourth-order valence-corrected chi connectivity index (χ4v) is 1.27. The summed E-state index contributed by atoms with van der Waals surface area (Å²) in [5.74, 6) is -1.21. The second-order valence-electron chi connectivity index (χ2n) is 4.17. The van der Waals surface area contributed by atoms with E-state index < -0.39 is 18.0 Å². The summed E-state index contributed by atoms with van der Waals surface area (Å²) in [7, 11) is 0. The zero-order valence-corrected chi connectivity index (χ0v) is 10.4. The molecule has 0 aliphatic carbocycles. The number of carboxylic acid groups (broad SMARTS) is 1. The van der Waals surface area contributed by atoms with Gasteiger partial charge in [-0.1, -0.05) is 33.6 Å². The molecule has 0 aromatic carbocycles. The lowest BCUT2D eigenvalue weighted by Crippen LogP contribution is -2.28. The van der Waals surface area contributed by atoms with Crippen molar-refractivity contribution in [3.8, 4) is 0 Å². The van der Waals surface area contributed by atoms with Gasteiger partial charge >= 0.3 is 11.9 Å². The smallest absolute Gasteiger partial charge is 0.345 e. The van der Waals surface area contributed by atoms with Crippen LogP contribution < -0.4 is 0 Å². The summed E-state index contributed by atoms with van der Waals surface area (Å²) in [6, 6.07) is 0. The molecule has 0 radical (unpaired) electrons. The standard InChI is InChI=1S/C12H22O4/c1-4-6-7-11(13)16-10(12(14)15)8-9(3)5-2/h9-10H,4-8H2,1-3H3,(H,14,15). The van der Waals surface area contributed by atoms with Crippen molar-refractivity contribution in [2.24, 2.45) is 5.92 Å². The van der Waals surface area contributed by atoms with Gasteiger partial charge in [-0.25, -0.2) is 4.79 Å². The molecule has 2 atom stereocenters. The van der Waals surface area contributed by atoms with Crippen molar-refractivity contribution in [1.82, 2.24) is 0 Å². The van der Waals surface area contributed by atoms with Crippen LogP contribution in [0.2, 0.25) is 0 Å². The van der Waals surface area contributed by atoms with Crippen LogP contribution in [0, 0.1) is 5.92 Å². The Kier molecular flexibility index (Phi) is 7.60. The number of ether oxygens (including phenoxy) is 1. The lowest BCUT2D eigenvalue weighted by Gasteiger charge is -2.16. The molecular formula is C12H22O4. The van der Waals surface area contributed by atoms with E-state index in [0.717, 1.165) is 19.3 Å². The lowest BCUT2D eigenvalue weighted by atomic mass is 10.0. The first-order valence-corrected chi connectivity index (χ1v) is 5.93. The predicted molar refractivity (Wildman–Crippen MR) is 61.1 cm³/mol. The third-order valence-corrected chi connectivity index (χ3v) is 2.60. The molecule has 0 saturated carbocycles. The van der Waals surface area contributed by atoms with Gasteiger partial charge in [-0.05, 0) is 18.8 Å². The predicted octanol–water partition coefficient (Wildman–Crippen LogP) is 2.61. The first-order chi connectivity index (χ1) is 7.51. The number of hydrogen-bond acceptors (Lipinski definition) is 3. The summed E-state index contributed by atoms with van der Waals surface area (Å²) in [4.78, 5) is 22.2. The molecule has 4 heteroatoms. The van der Waals surface area contributed by atoms with E-state index in [1.54, 1.807) is 0 Å². The average Bonchev–Trinajstić information content (AvgIpc) is 2.24. The maximum absolute atomic E-state index is 11.3. The Morgan fingerprint density at radius 3 is 2.38 bits per heavy atom. The first-order valence-electron chi connectivity index (χ1n) is 5.93. The van der Waals surface area contributed by atoms with E-state index in [0.29, 0.717) is 12.8 Å². The Labute approximate surface area is 97.0 Å². The van der Waals surface area contributed by atoms with E-state index in [-0.39, 0.29) is 5.92 Å². The molecule has 2 unspecified atom stereocenters. The van der Waals surface area contributed by atoms with Crippen molar-refractivity contribution in [2.75, 3.05) is 0 Å². The molecular weight excluding hydrogens is 208 g/mol. The van der Waals surface area contributed by atoms with E-state index in [1.165, 1.54) is 0 Å². The van der Waals surface area contributed by atoms with Gasteiger partial charge < -0.3 is 9.84 Å². The molecule has 0 spiro atoms. The first kappa shape index (κ1) is 14.9. The minimum Gasteiger partial charge on any atom is -0.479 e. The van der Waals surface area contributed by atoms with Crippen molar-refractivity contribution in [3.63, 3.8) is 0 Å². The van der Waals surface area contributed by atoms with Crippen LogP contribution in [0.5, 0.6) is 0 Å². The number of carbonyl (C=O) groups is 2. The number of aliphatic carboxylic acids is 1. The third kappa shape index (κ3) is 6.43. The van der Waals surface area contributed by atoms with Crippen molar-refractivity contribution >= 4 is 11.9 Å². The minimum atomic E-state index is -1.05. The molecule has 0 aliphatic heterocycles. The van der Waals surface area contributed by atoms with Gasteiger partial charge in [0.25, 0.3) is 0 Å². The van der Waals surface area contributed by atoms with E-state index in [4.69, 9.17) is 9.84 Å². The minimum absolute atomic E-state index is 0.250. The summed E-state index contributed by atoms with van der Waals surface area (Å²) >= 11 is 0. The number of hydrogen-bond donors (Lipinski definition) is 1. The van der Waals surface area contributed by atoms with Crippen LogP contribution in [0.25, 0.3) is 0 Å². The summed E-state index contributed by atoms with van der Waals surface area (Å²) in [5, 5.41) is 8.91. The Morgan fingerprint density at radius 1 is 1.31 bits per heavy atom. The van der Waals surface area contributed by atoms with Crippen molar-refractivity contribution < 1.29 is 19.4 Å². The SMILES string of the molecule is CCCCC(=O)OC(CC(C)CC)C(=O)O. The van der Waals surface area contributed by atoms with E-state index >= 15 is 0 Å². The molecule has 0 bridgehead atoms. The molecule has 4 nitrogen and oxygen atoms in total. The van der Waals surface area contributed by atoms with Gasteiger partial charge in [0.1, 0.15) is 0 Å². The monoisotopic (exact) mass is 230 g/mol. The molecule has 16 heavy (non-hydrogen) atoms. The number of esters is 1. The summed E-state index contributed by atoms with van der Waals surface area (Å²) < 4.78 is 4.95. The van der Waals surface area contributed by atoms with Crippen LogP contribution in [0.15, 0.2) is 0 Å². The molecule has 0 aromatic heterocycles. The maximum Gasteiger partial charge on any atom is 0.345 e. The summed E-state index contributed by atoms with van der Waals surface area (Å²) in [5.41, 5.74) is 0. The van der Waals surface area contributed by atoms with Gasteiger partial charge in [-0.3, -0.25) is 4.79 Å². The fraction of sp³-hybridized carbons (Fsp3) is 0.833. The van der Waals surface area contributed by atoms with Gasteiger partial charge in [-0.15, -0.1) is 0 Å². The highest BCUT2D eigenvalue weighted by Gasteiger charge is 2.23. The lowest BCUT2D eigenvalue weighted by molar-refractivity contribution is -0.165. The number of rotatable bonds is 8. The van der Waals surface area contributed by atoms with E-state index in [9.17, 15) is 9.59 Å². The fourth-order valence-electron chi connectivity index (χ4n) is 1.27. The van der Waals surface area contributed by atoms with E-state index in [1.807, 2.05) is 20.8 Å². The van der Waals surface area contributed by atoms with Crippen LogP contribution in [0.4, 0.5) is 0 Å². The molecule has 0 fully saturated rings. The van der Waals surface area contributed by atoms with Gasteiger partial charge in [0.05, 0.1) is 0 Å². The molecule has 0 saturated heterocycles. The number of carboxylic acids is 1. The molecule has 94 valence electrons. The Balaban J connectivity index is 4.12. The number of unbranched alkanes of at least 4 members (excludes halogenated alkanes) is 1. The Hall–Kier alpha value is -1.06. The molecule has 0 amide bonds. The average molecular weight is 230 g/mol. The molecule has 0 aliphatic rings. The van der Waals surface area contributed by atoms with Gasteiger partial charge in [0.15, 0.2) is 6.10 Å². The van der Waals surface area contributed by atoms with Gasteiger partial charge in [0, 0.05) is 6.42 Å². The zero-order chi connectivity index (χ0) is 12.6. The summed E-state index contributed by atoms with van der Waals surface area (Å²) in [6.45, 7) is 5.92. The second-order valence-corrected chi connectivity index (χ2v) is 4.17. The normalized spacial score (nSPS) is 14.2. The molecule has 1 N–H and O–H groups in total. The van der Waals surface area contributed by atoms with Crippen LogP contribution in [0.3, 0.4) is 0 Å². The van der Waals surface area contributed by atoms with Crippen LogP contribution in [0.1, 0.15) is 52.9 Å². The second kappa shape index (κ2) is 8.13. The van der Waals surface area contributed by atoms with Crippen molar-refractivity contribution in [3.05, 3.63) is 0 Å². The topological polar surface area (TPSA) is 63.6 Å². The van der Waals surface area contributed by atoms with Crippen molar-refractivity contribution in [2.45, 2.75) is 59.0 Å². The molecule has 0 rings (SSSR count). The summed E-state index contributed by atoms with van der Waals surface area (Å²) in [6.07, 6.45) is 2.24. The Bertz CT molecular complexity index is 225. The largest absolute Gasteiger partial charge is 0.479 e. The van der Waals surface area contributed by atoms with Crippen LogP contribution in [-0.2, 0) is 14.3 Å². The number of carbonyl (C=O) groups excluding carboxylic acids is 1.